The molecule has 13 heavy (non-hydrogen) atoms. The van der Waals surface area contributed by atoms with E-state index in [1.165, 1.54) is 0 Å². The number of azo groups is 1. The van der Waals surface area contributed by atoms with Gasteiger partial charge in [-0.3, -0.25) is 0 Å². The van der Waals surface area contributed by atoms with Crippen LogP contribution in [0, 0.1) is 0 Å². The van der Waals surface area contributed by atoms with Gasteiger partial charge in [-0.2, -0.15) is 10.2 Å². The van der Waals surface area contributed by atoms with Crippen molar-refractivity contribution in [1.29, 1.82) is 0 Å². The fourth-order valence-electron chi connectivity index (χ4n) is 1.68. The normalized spacial score (nSPS) is 23.1. The second-order valence-electron chi connectivity index (χ2n) is 3.17. The van der Waals surface area contributed by atoms with Crippen molar-refractivity contribution < 1.29 is 4.74 Å². The lowest BCUT2D eigenvalue weighted by molar-refractivity contribution is 0.447. The zero-order valence-electron chi connectivity index (χ0n) is 6.97. The maximum Gasteiger partial charge on any atom is 0.132 e. The van der Waals surface area contributed by atoms with Crippen molar-refractivity contribution >= 4 is 0 Å². The molecule has 0 radical (unpaired) electrons. The number of benzene rings is 1. The predicted octanol–water partition coefficient (Wildman–Crippen LogP) is 2.47. The molecule has 0 saturated heterocycles. The largest absolute Gasteiger partial charge is 0.464 e. The lowest BCUT2D eigenvalue weighted by atomic mass is 9.99. The first-order valence-electron chi connectivity index (χ1n) is 4.26. The van der Waals surface area contributed by atoms with Crippen LogP contribution in [0.15, 0.2) is 46.3 Å². The van der Waals surface area contributed by atoms with Gasteiger partial charge in [-0.05, 0) is 6.07 Å². The Kier molecular flexibility index (Phi) is 1.27. The molecule has 0 bridgehead atoms. The van der Waals surface area contributed by atoms with Crippen LogP contribution in [0.3, 0.4) is 0 Å². The Bertz CT molecular complexity index is 409. The number of hydrogen-bond acceptors (Lipinski definition) is 3. The summed E-state index contributed by atoms with van der Waals surface area (Å²) in [5, 5.41) is 8.18. The predicted molar refractivity (Wildman–Crippen MR) is 47.6 cm³/mol. The van der Waals surface area contributed by atoms with Crippen molar-refractivity contribution in [1.82, 2.24) is 0 Å². The van der Waals surface area contributed by atoms with Gasteiger partial charge in [0.1, 0.15) is 11.8 Å². The first-order valence-corrected chi connectivity index (χ1v) is 4.26. The summed E-state index contributed by atoms with van der Waals surface area (Å²) in [7, 11) is 0. The molecule has 0 N–H and O–H groups in total. The third-order valence-corrected chi connectivity index (χ3v) is 2.35. The lowest BCUT2D eigenvalue weighted by Crippen LogP contribution is -2.06. The van der Waals surface area contributed by atoms with Crippen molar-refractivity contribution in [2.24, 2.45) is 10.2 Å². The first-order chi connectivity index (χ1) is 6.45. The van der Waals surface area contributed by atoms with Crippen LogP contribution in [0.2, 0.25) is 0 Å². The average molecular weight is 172 g/mol. The maximum atomic E-state index is 5.46. The fourth-order valence-corrected chi connectivity index (χ4v) is 1.68. The minimum atomic E-state index is 0.116. The highest BCUT2D eigenvalue weighted by molar-refractivity contribution is 5.44. The first kappa shape index (κ1) is 6.83. The van der Waals surface area contributed by atoms with E-state index in [1.54, 1.807) is 6.26 Å². The van der Waals surface area contributed by atoms with Gasteiger partial charge in [0.25, 0.3) is 0 Å². The molecule has 3 nitrogen and oxygen atoms in total. The standard InChI is InChI=1S/C10H8N2O/c1-2-4-9-8(3-1)10-7(6-13-9)5-11-12-10/h1-4,6,10H,5H2. The molecule has 0 aliphatic carbocycles. The Morgan fingerprint density at radius 1 is 1.31 bits per heavy atom. The van der Waals surface area contributed by atoms with E-state index in [-0.39, 0.29) is 6.04 Å². The highest BCUT2D eigenvalue weighted by atomic mass is 16.5. The van der Waals surface area contributed by atoms with Crippen molar-refractivity contribution in [3.8, 4) is 5.75 Å². The monoisotopic (exact) mass is 172 g/mol. The molecular formula is C10H8N2O. The Balaban J connectivity index is 2.17. The van der Waals surface area contributed by atoms with Crippen LogP contribution in [0.25, 0.3) is 0 Å². The third-order valence-electron chi connectivity index (χ3n) is 2.35. The fraction of sp³-hybridized carbons (Fsp3) is 0.200. The molecular weight excluding hydrogens is 164 g/mol. The van der Waals surface area contributed by atoms with E-state index >= 15 is 0 Å². The summed E-state index contributed by atoms with van der Waals surface area (Å²) in [6, 6.07) is 8.07. The molecule has 0 fully saturated rings. The van der Waals surface area contributed by atoms with Gasteiger partial charge in [0.15, 0.2) is 0 Å². The van der Waals surface area contributed by atoms with Gasteiger partial charge in [-0.1, -0.05) is 18.2 Å². The zero-order valence-corrected chi connectivity index (χ0v) is 6.97. The van der Waals surface area contributed by atoms with Gasteiger partial charge in [-0.15, -0.1) is 0 Å². The SMILES string of the molecule is C1=C2CN=NC2c2ccccc2O1. The number of nitrogens with zero attached hydrogens (tertiary/aromatic N) is 2. The van der Waals surface area contributed by atoms with E-state index in [0.29, 0.717) is 6.54 Å². The smallest absolute Gasteiger partial charge is 0.132 e. The molecule has 1 unspecified atom stereocenters. The molecule has 0 saturated carbocycles. The van der Waals surface area contributed by atoms with Gasteiger partial charge in [-0.25, -0.2) is 0 Å². The minimum Gasteiger partial charge on any atom is -0.464 e. The average Bonchev–Trinajstić information content (AvgIpc) is 2.65. The van der Waals surface area contributed by atoms with Crippen molar-refractivity contribution in [2.75, 3.05) is 6.54 Å². The molecule has 3 rings (SSSR count). The highest BCUT2D eigenvalue weighted by Crippen LogP contribution is 2.39. The molecule has 2 aliphatic heterocycles. The van der Waals surface area contributed by atoms with Crippen molar-refractivity contribution in [2.45, 2.75) is 6.04 Å². The Morgan fingerprint density at radius 3 is 3.23 bits per heavy atom. The van der Waals surface area contributed by atoms with Gasteiger partial charge in [0.05, 0.1) is 12.8 Å². The van der Waals surface area contributed by atoms with Crippen molar-refractivity contribution in [3.05, 3.63) is 41.7 Å². The summed E-state index contributed by atoms with van der Waals surface area (Å²) < 4.78 is 5.46. The molecule has 0 aromatic heterocycles. The van der Waals surface area contributed by atoms with Crippen LogP contribution in [0.5, 0.6) is 5.75 Å². The molecule has 1 atom stereocenters. The molecule has 0 amide bonds. The molecule has 2 heterocycles. The number of para-hydroxylation sites is 1. The molecule has 2 aliphatic rings. The van der Waals surface area contributed by atoms with Crippen LogP contribution in [0.4, 0.5) is 0 Å². The number of hydrogen-bond donors (Lipinski definition) is 0. The third kappa shape index (κ3) is 0.900. The summed E-state index contributed by atoms with van der Waals surface area (Å²) in [5.74, 6) is 0.900. The second kappa shape index (κ2) is 2.42. The minimum absolute atomic E-state index is 0.116. The lowest BCUT2D eigenvalue weighted by Gasteiger charge is -2.18. The molecule has 1 aromatic rings. The number of rotatable bonds is 0. The van der Waals surface area contributed by atoms with Crippen LogP contribution < -0.4 is 4.74 Å². The van der Waals surface area contributed by atoms with Gasteiger partial charge >= 0.3 is 0 Å². The Hall–Kier alpha value is -1.64. The zero-order chi connectivity index (χ0) is 8.67. The highest BCUT2D eigenvalue weighted by Gasteiger charge is 2.27. The Morgan fingerprint density at radius 2 is 2.23 bits per heavy atom. The quantitative estimate of drug-likeness (QED) is 0.591. The van der Waals surface area contributed by atoms with E-state index in [4.69, 9.17) is 4.74 Å². The van der Waals surface area contributed by atoms with Crippen molar-refractivity contribution in [3.63, 3.8) is 0 Å². The molecule has 0 spiro atoms. The van der Waals surface area contributed by atoms with E-state index in [9.17, 15) is 0 Å². The summed E-state index contributed by atoms with van der Waals surface area (Å²) in [6.45, 7) is 0.680. The van der Waals surface area contributed by atoms with E-state index < -0.39 is 0 Å². The number of ether oxygens (including phenoxy) is 1. The summed E-state index contributed by atoms with van der Waals surface area (Å²) in [5.41, 5.74) is 2.28. The topological polar surface area (TPSA) is 34.0 Å². The molecule has 3 heteroatoms. The maximum absolute atomic E-state index is 5.46. The summed E-state index contributed by atoms with van der Waals surface area (Å²) >= 11 is 0. The summed E-state index contributed by atoms with van der Waals surface area (Å²) in [6.07, 6.45) is 1.77. The van der Waals surface area contributed by atoms with Crippen LogP contribution in [-0.2, 0) is 0 Å². The van der Waals surface area contributed by atoms with Gasteiger partial charge in [0.2, 0.25) is 0 Å². The Labute approximate surface area is 75.8 Å². The number of fused-ring (bicyclic) bond motifs is 3. The molecule has 64 valence electrons. The van der Waals surface area contributed by atoms with Crippen LogP contribution in [0.1, 0.15) is 11.6 Å². The summed E-state index contributed by atoms with van der Waals surface area (Å²) in [4.78, 5) is 0. The van der Waals surface area contributed by atoms with E-state index in [0.717, 1.165) is 16.9 Å². The van der Waals surface area contributed by atoms with E-state index in [2.05, 4.69) is 10.2 Å². The second-order valence-corrected chi connectivity index (χ2v) is 3.17. The van der Waals surface area contributed by atoms with Gasteiger partial charge in [0, 0.05) is 11.1 Å². The van der Waals surface area contributed by atoms with Gasteiger partial charge < -0.3 is 4.74 Å². The van der Waals surface area contributed by atoms with Crippen LogP contribution in [-0.4, -0.2) is 6.54 Å². The molecule has 1 aromatic carbocycles. The van der Waals surface area contributed by atoms with E-state index in [1.807, 2.05) is 24.3 Å². The van der Waals surface area contributed by atoms with Crippen LogP contribution >= 0.6 is 0 Å².